The molecule has 2 aromatic heterocycles. The van der Waals surface area contributed by atoms with E-state index in [2.05, 4.69) is 10.1 Å². The molecular formula is C16H10Cl2N2O3S. The molecule has 0 aliphatic heterocycles. The normalized spacial score (nSPS) is 11.7. The molecule has 1 aromatic carbocycles. The van der Waals surface area contributed by atoms with Crippen LogP contribution in [0.1, 0.15) is 17.9 Å². The zero-order chi connectivity index (χ0) is 17.1. The highest BCUT2D eigenvalue weighted by Gasteiger charge is 2.16. The van der Waals surface area contributed by atoms with Crippen LogP contribution in [0.25, 0.3) is 23.0 Å². The maximum Gasteiger partial charge on any atom is 0.308 e. The predicted molar refractivity (Wildman–Crippen MR) is 94.2 cm³/mol. The Kier molecular flexibility index (Phi) is 4.99. The largest absolute Gasteiger partial charge is 0.481 e. The Bertz CT molecular complexity index is 904. The molecule has 0 fully saturated rings. The van der Waals surface area contributed by atoms with Gasteiger partial charge in [0.2, 0.25) is 5.82 Å². The van der Waals surface area contributed by atoms with E-state index in [9.17, 15) is 4.79 Å². The average Bonchev–Trinajstić information content (AvgIpc) is 3.20. The molecule has 0 radical (unpaired) electrons. The van der Waals surface area contributed by atoms with E-state index in [1.807, 2.05) is 16.8 Å². The summed E-state index contributed by atoms with van der Waals surface area (Å²) < 4.78 is 5.23. The second-order valence-electron chi connectivity index (χ2n) is 4.85. The topological polar surface area (TPSA) is 76.2 Å². The predicted octanol–water partition coefficient (Wildman–Crippen LogP) is 5.12. The van der Waals surface area contributed by atoms with E-state index in [0.717, 1.165) is 5.56 Å². The molecule has 0 saturated heterocycles. The van der Waals surface area contributed by atoms with Gasteiger partial charge in [-0.1, -0.05) is 34.4 Å². The molecule has 1 N–H and O–H groups in total. The van der Waals surface area contributed by atoms with Gasteiger partial charge in [0, 0.05) is 16.5 Å². The van der Waals surface area contributed by atoms with Crippen LogP contribution in [0.5, 0.6) is 0 Å². The maximum absolute atomic E-state index is 11.2. The van der Waals surface area contributed by atoms with Crippen LogP contribution in [0.2, 0.25) is 10.0 Å². The van der Waals surface area contributed by atoms with Crippen LogP contribution in [0.3, 0.4) is 0 Å². The third-order valence-corrected chi connectivity index (χ3v) is 4.53. The lowest BCUT2D eigenvalue weighted by Gasteiger charge is -2.01. The summed E-state index contributed by atoms with van der Waals surface area (Å²) in [5.41, 5.74) is 1.89. The van der Waals surface area contributed by atoms with E-state index >= 15 is 0 Å². The molecule has 122 valence electrons. The third kappa shape index (κ3) is 3.84. The van der Waals surface area contributed by atoms with Crippen molar-refractivity contribution < 1.29 is 14.4 Å². The fourth-order valence-electron chi connectivity index (χ4n) is 2.02. The van der Waals surface area contributed by atoms with Crippen molar-refractivity contribution >= 4 is 52.2 Å². The summed E-state index contributed by atoms with van der Waals surface area (Å²) >= 11 is 13.4. The van der Waals surface area contributed by atoms with Gasteiger partial charge < -0.3 is 9.63 Å². The Hall–Kier alpha value is -2.15. The minimum absolute atomic E-state index is 0.157. The fraction of sp³-hybridized carbons (Fsp3) is 0.0625. The van der Waals surface area contributed by atoms with Gasteiger partial charge in [-0.15, -0.1) is 0 Å². The van der Waals surface area contributed by atoms with Gasteiger partial charge in [0.05, 0.1) is 16.5 Å². The minimum atomic E-state index is -1.00. The number of rotatable bonds is 5. The number of thiophene rings is 1. The van der Waals surface area contributed by atoms with Crippen LogP contribution in [0, 0.1) is 0 Å². The lowest BCUT2D eigenvalue weighted by molar-refractivity contribution is -0.135. The van der Waals surface area contributed by atoms with Crippen molar-refractivity contribution in [2.45, 2.75) is 6.42 Å². The quantitative estimate of drug-likeness (QED) is 0.664. The summed E-state index contributed by atoms with van der Waals surface area (Å²) in [5, 5.41) is 17.6. The number of nitrogens with zero attached hydrogens (tertiary/aromatic N) is 2. The van der Waals surface area contributed by atoms with E-state index in [1.165, 1.54) is 11.3 Å². The van der Waals surface area contributed by atoms with E-state index in [4.69, 9.17) is 32.8 Å². The molecule has 0 atom stereocenters. The highest BCUT2D eigenvalue weighted by atomic mass is 35.5. The first-order valence-electron chi connectivity index (χ1n) is 6.77. The molecule has 0 saturated carbocycles. The zero-order valence-corrected chi connectivity index (χ0v) is 14.4. The second kappa shape index (κ2) is 7.17. The number of halogens is 2. The van der Waals surface area contributed by atoms with Crippen molar-refractivity contribution in [1.82, 2.24) is 10.1 Å². The standard InChI is InChI=1S/C16H10Cl2N2O3S/c17-12-2-1-9(6-13(12)18)5-11(7-14(21)22)16-19-15(20-23-16)10-3-4-24-8-10/h1-6,8H,7H2,(H,21,22)/b11-5+. The Morgan fingerprint density at radius 3 is 2.79 bits per heavy atom. The van der Waals surface area contributed by atoms with Crippen molar-refractivity contribution in [1.29, 1.82) is 0 Å². The first-order chi connectivity index (χ1) is 11.5. The summed E-state index contributed by atoms with van der Waals surface area (Å²) in [4.78, 5) is 15.4. The molecule has 0 amide bonds. The van der Waals surface area contributed by atoms with E-state index in [-0.39, 0.29) is 12.3 Å². The molecule has 0 unspecified atom stereocenters. The molecule has 24 heavy (non-hydrogen) atoms. The number of aromatic nitrogens is 2. The Balaban J connectivity index is 1.98. The van der Waals surface area contributed by atoms with Gasteiger partial charge >= 0.3 is 5.97 Å². The molecule has 0 aliphatic rings. The van der Waals surface area contributed by atoms with E-state index < -0.39 is 5.97 Å². The van der Waals surface area contributed by atoms with Gasteiger partial charge in [0.1, 0.15) is 0 Å². The molecule has 3 rings (SSSR count). The number of carbonyl (C=O) groups is 1. The summed E-state index contributed by atoms with van der Waals surface area (Å²) in [6, 6.07) is 6.87. The first kappa shape index (κ1) is 16.7. The Morgan fingerprint density at radius 1 is 1.29 bits per heavy atom. The zero-order valence-electron chi connectivity index (χ0n) is 12.1. The number of aliphatic carboxylic acids is 1. The molecule has 8 heteroatoms. The molecular weight excluding hydrogens is 371 g/mol. The number of hydrogen-bond donors (Lipinski definition) is 1. The van der Waals surface area contributed by atoms with Crippen LogP contribution in [-0.2, 0) is 4.79 Å². The lowest BCUT2D eigenvalue weighted by atomic mass is 10.1. The van der Waals surface area contributed by atoms with Gasteiger partial charge in [-0.05, 0) is 35.2 Å². The van der Waals surface area contributed by atoms with Gasteiger partial charge in [-0.2, -0.15) is 16.3 Å². The molecule has 2 heterocycles. The molecule has 5 nitrogen and oxygen atoms in total. The maximum atomic E-state index is 11.2. The SMILES string of the molecule is O=C(O)C/C(=C\c1ccc(Cl)c(Cl)c1)c1nc(-c2ccsc2)no1. The first-order valence-corrected chi connectivity index (χ1v) is 8.47. The van der Waals surface area contributed by atoms with Crippen molar-refractivity contribution in [3.63, 3.8) is 0 Å². The van der Waals surface area contributed by atoms with Gasteiger partial charge in [0.25, 0.3) is 5.89 Å². The summed E-state index contributed by atoms with van der Waals surface area (Å²) in [6.45, 7) is 0. The summed E-state index contributed by atoms with van der Waals surface area (Å²) in [5.74, 6) is -0.432. The molecule has 0 spiro atoms. The highest BCUT2D eigenvalue weighted by Crippen LogP contribution is 2.27. The fourth-order valence-corrected chi connectivity index (χ4v) is 2.96. The highest BCUT2D eigenvalue weighted by molar-refractivity contribution is 7.08. The van der Waals surface area contributed by atoms with Gasteiger partial charge in [-0.25, -0.2) is 0 Å². The molecule has 0 bridgehead atoms. The Morgan fingerprint density at radius 2 is 2.12 bits per heavy atom. The van der Waals surface area contributed by atoms with Gasteiger partial charge in [-0.3, -0.25) is 4.79 Å². The Labute approximate surface area is 151 Å². The third-order valence-electron chi connectivity index (χ3n) is 3.11. The monoisotopic (exact) mass is 380 g/mol. The lowest BCUT2D eigenvalue weighted by Crippen LogP contribution is -1.97. The number of benzene rings is 1. The molecule has 0 aliphatic carbocycles. The van der Waals surface area contributed by atoms with Crippen molar-refractivity contribution in [3.05, 3.63) is 56.5 Å². The number of carboxylic acid groups (broad SMARTS) is 1. The van der Waals surface area contributed by atoms with Crippen molar-refractivity contribution in [2.24, 2.45) is 0 Å². The van der Waals surface area contributed by atoms with E-state index in [0.29, 0.717) is 27.0 Å². The number of carboxylic acids is 1. The van der Waals surface area contributed by atoms with E-state index in [1.54, 1.807) is 24.3 Å². The second-order valence-corrected chi connectivity index (χ2v) is 6.44. The van der Waals surface area contributed by atoms with Crippen LogP contribution in [0.15, 0.2) is 39.5 Å². The van der Waals surface area contributed by atoms with Crippen LogP contribution >= 0.6 is 34.5 Å². The van der Waals surface area contributed by atoms with Crippen LogP contribution in [0.4, 0.5) is 0 Å². The summed E-state index contributed by atoms with van der Waals surface area (Å²) in [7, 11) is 0. The molecule has 3 aromatic rings. The van der Waals surface area contributed by atoms with Gasteiger partial charge in [0.15, 0.2) is 0 Å². The number of hydrogen-bond acceptors (Lipinski definition) is 5. The average molecular weight is 381 g/mol. The summed E-state index contributed by atoms with van der Waals surface area (Å²) in [6.07, 6.45) is 1.38. The minimum Gasteiger partial charge on any atom is -0.481 e. The van der Waals surface area contributed by atoms with Crippen molar-refractivity contribution in [3.8, 4) is 11.4 Å². The van der Waals surface area contributed by atoms with Crippen LogP contribution in [-0.4, -0.2) is 21.2 Å². The smallest absolute Gasteiger partial charge is 0.308 e. The van der Waals surface area contributed by atoms with Crippen molar-refractivity contribution in [2.75, 3.05) is 0 Å². The van der Waals surface area contributed by atoms with Crippen LogP contribution < -0.4 is 0 Å².